The van der Waals surface area contributed by atoms with Crippen LogP contribution in [0, 0.1) is 25.7 Å². The number of aryl methyl sites for hydroxylation is 2. The SMILES string of the molecule is Cc1cc(C)cc(-c2c(Cl)[c]ccc2F)c1. The molecule has 0 unspecified atom stereocenters. The average molecular weight is 234 g/mol. The molecule has 0 N–H and O–H groups in total. The molecule has 0 bridgehead atoms. The van der Waals surface area contributed by atoms with E-state index in [-0.39, 0.29) is 5.82 Å². The van der Waals surface area contributed by atoms with Gasteiger partial charge >= 0.3 is 0 Å². The van der Waals surface area contributed by atoms with Crippen LogP contribution < -0.4 is 0 Å². The van der Waals surface area contributed by atoms with Gasteiger partial charge in [0.2, 0.25) is 0 Å². The topological polar surface area (TPSA) is 0 Å². The fourth-order valence-electron chi connectivity index (χ4n) is 1.83. The van der Waals surface area contributed by atoms with Gasteiger partial charge in [0.15, 0.2) is 0 Å². The van der Waals surface area contributed by atoms with Crippen LogP contribution in [-0.2, 0) is 0 Å². The van der Waals surface area contributed by atoms with Crippen molar-refractivity contribution in [3.63, 3.8) is 0 Å². The van der Waals surface area contributed by atoms with E-state index in [0.717, 1.165) is 16.7 Å². The zero-order chi connectivity index (χ0) is 11.7. The van der Waals surface area contributed by atoms with Crippen LogP contribution in [-0.4, -0.2) is 0 Å². The van der Waals surface area contributed by atoms with Gasteiger partial charge in [-0.05, 0) is 31.5 Å². The highest BCUT2D eigenvalue weighted by Gasteiger charge is 2.10. The molecule has 0 aromatic heterocycles. The van der Waals surface area contributed by atoms with Gasteiger partial charge in [-0.1, -0.05) is 40.9 Å². The monoisotopic (exact) mass is 233 g/mol. The number of halogens is 2. The zero-order valence-electron chi connectivity index (χ0n) is 9.14. The first-order valence-corrected chi connectivity index (χ1v) is 5.40. The molecule has 16 heavy (non-hydrogen) atoms. The van der Waals surface area contributed by atoms with Gasteiger partial charge in [0.1, 0.15) is 5.82 Å². The summed E-state index contributed by atoms with van der Waals surface area (Å²) in [7, 11) is 0. The summed E-state index contributed by atoms with van der Waals surface area (Å²) in [4.78, 5) is 0. The van der Waals surface area contributed by atoms with E-state index in [0.29, 0.717) is 10.6 Å². The van der Waals surface area contributed by atoms with Crippen molar-refractivity contribution in [2.75, 3.05) is 0 Å². The van der Waals surface area contributed by atoms with Gasteiger partial charge in [0, 0.05) is 11.6 Å². The molecule has 2 aromatic carbocycles. The van der Waals surface area contributed by atoms with E-state index in [9.17, 15) is 4.39 Å². The molecule has 0 saturated heterocycles. The van der Waals surface area contributed by atoms with Gasteiger partial charge in [-0.25, -0.2) is 4.39 Å². The van der Waals surface area contributed by atoms with Crippen molar-refractivity contribution in [1.82, 2.24) is 0 Å². The van der Waals surface area contributed by atoms with Crippen molar-refractivity contribution in [3.05, 3.63) is 58.4 Å². The molecule has 1 radical (unpaired) electrons. The average Bonchev–Trinajstić information content (AvgIpc) is 2.15. The second-order valence-corrected chi connectivity index (χ2v) is 4.27. The molecule has 2 heteroatoms. The third-order valence-electron chi connectivity index (χ3n) is 2.41. The molecule has 0 heterocycles. The van der Waals surface area contributed by atoms with Crippen LogP contribution >= 0.6 is 11.6 Å². The molecule has 0 aliphatic rings. The Morgan fingerprint density at radius 3 is 2.31 bits per heavy atom. The fraction of sp³-hybridized carbons (Fsp3) is 0.143. The van der Waals surface area contributed by atoms with Gasteiger partial charge in [0.05, 0.1) is 5.02 Å². The summed E-state index contributed by atoms with van der Waals surface area (Å²) in [6.45, 7) is 3.96. The molecule has 0 amide bonds. The van der Waals surface area contributed by atoms with Gasteiger partial charge in [-0.15, -0.1) is 0 Å². The van der Waals surface area contributed by atoms with Gasteiger partial charge in [0.25, 0.3) is 0 Å². The molecular formula is C14H11ClF. The van der Waals surface area contributed by atoms with Crippen molar-refractivity contribution >= 4 is 11.6 Å². The van der Waals surface area contributed by atoms with Crippen LogP contribution in [0.2, 0.25) is 5.02 Å². The van der Waals surface area contributed by atoms with Crippen LogP contribution in [0.4, 0.5) is 4.39 Å². The van der Waals surface area contributed by atoms with Crippen LogP contribution in [0.5, 0.6) is 0 Å². The van der Waals surface area contributed by atoms with E-state index >= 15 is 0 Å². The van der Waals surface area contributed by atoms with E-state index in [4.69, 9.17) is 11.6 Å². The quantitative estimate of drug-likeness (QED) is 0.677. The minimum atomic E-state index is -0.311. The lowest BCUT2D eigenvalue weighted by molar-refractivity contribution is 0.631. The van der Waals surface area contributed by atoms with Crippen molar-refractivity contribution < 1.29 is 4.39 Å². The molecule has 0 aliphatic carbocycles. The Bertz CT molecular complexity index is 492. The summed E-state index contributed by atoms with van der Waals surface area (Å²) in [6, 6.07) is 11.6. The lowest BCUT2D eigenvalue weighted by atomic mass is 10.0. The Morgan fingerprint density at radius 2 is 1.75 bits per heavy atom. The van der Waals surface area contributed by atoms with Crippen LogP contribution in [0.15, 0.2) is 30.3 Å². The standard InChI is InChI=1S/C14H11ClF/c1-9-6-10(2)8-11(7-9)14-12(15)4-3-5-13(14)16/h3,5-8H,1-2H3. The number of hydrogen-bond acceptors (Lipinski definition) is 0. The normalized spacial score (nSPS) is 10.5. The highest BCUT2D eigenvalue weighted by molar-refractivity contribution is 6.33. The predicted octanol–water partition coefficient (Wildman–Crippen LogP) is 4.56. The fourth-order valence-corrected chi connectivity index (χ4v) is 2.09. The van der Waals surface area contributed by atoms with E-state index in [1.807, 2.05) is 32.0 Å². The summed E-state index contributed by atoms with van der Waals surface area (Å²) in [5.74, 6) is -0.311. The minimum absolute atomic E-state index is 0.311. The first-order chi connectivity index (χ1) is 7.58. The van der Waals surface area contributed by atoms with Gasteiger partial charge < -0.3 is 0 Å². The summed E-state index contributed by atoms with van der Waals surface area (Å²) in [6.07, 6.45) is 0. The lowest BCUT2D eigenvalue weighted by Crippen LogP contribution is -1.88. The zero-order valence-corrected chi connectivity index (χ0v) is 9.90. The van der Waals surface area contributed by atoms with Crippen molar-refractivity contribution in [2.45, 2.75) is 13.8 Å². The van der Waals surface area contributed by atoms with Gasteiger partial charge in [-0.2, -0.15) is 0 Å². The first kappa shape index (κ1) is 11.2. The molecule has 81 valence electrons. The Labute approximate surface area is 99.7 Å². The van der Waals surface area contributed by atoms with Crippen LogP contribution in [0.25, 0.3) is 11.1 Å². The Balaban J connectivity index is 2.67. The molecule has 0 atom stereocenters. The van der Waals surface area contributed by atoms with E-state index in [1.165, 1.54) is 12.1 Å². The summed E-state index contributed by atoms with van der Waals surface area (Å²) < 4.78 is 13.7. The van der Waals surface area contributed by atoms with Gasteiger partial charge in [-0.3, -0.25) is 0 Å². The Hall–Kier alpha value is -1.34. The number of rotatable bonds is 1. The molecule has 0 fully saturated rings. The first-order valence-electron chi connectivity index (χ1n) is 5.02. The van der Waals surface area contributed by atoms with E-state index < -0.39 is 0 Å². The highest BCUT2D eigenvalue weighted by atomic mass is 35.5. The molecule has 0 spiro atoms. The highest BCUT2D eigenvalue weighted by Crippen LogP contribution is 2.31. The maximum absolute atomic E-state index is 13.7. The minimum Gasteiger partial charge on any atom is -0.206 e. The Morgan fingerprint density at radius 1 is 1.12 bits per heavy atom. The second-order valence-electron chi connectivity index (χ2n) is 3.89. The molecule has 2 rings (SSSR count). The molecule has 0 nitrogen and oxygen atoms in total. The molecular weight excluding hydrogens is 223 g/mol. The summed E-state index contributed by atoms with van der Waals surface area (Å²) in [5, 5.41) is 0.324. The van der Waals surface area contributed by atoms with Crippen LogP contribution in [0.1, 0.15) is 11.1 Å². The molecule has 0 saturated carbocycles. The van der Waals surface area contributed by atoms with Crippen molar-refractivity contribution in [2.24, 2.45) is 0 Å². The second kappa shape index (κ2) is 4.26. The lowest BCUT2D eigenvalue weighted by Gasteiger charge is -2.08. The summed E-state index contributed by atoms with van der Waals surface area (Å²) >= 11 is 5.97. The third-order valence-corrected chi connectivity index (χ3v) is 2.71. The number of benzene rings is 2. The maximum Gasteiger partial charge on any atom is 0.132 e. The third kappa shape index (κ3) is 2.10. The van der Waals surface area contributed by atoms with E-state index in [1.54, 1.807) is 0 Å². The molecule has 2 aromatic rings. The maximum atomic E-state index is 13.7. The number of hydrogen-bond donors (Lipinski definition) is 0. The Kier molecular flexibility index (Phi) is 2.97. The smallest absolute Gasteiger partial charge is 0.132 e. The van der Waals surface area contributed by atoms with Crippen LogP contribution in [0.3, 0.4) is 0 Å². The summed E-state index contributed by atoms with van der Waals surface area (Å²) in [5.41, 5.74) is 3.41. The molecule has 0 aliphatic heterocycles. The van der Waals surface area contributed by atoms with E-state index in [2.05, 4.69) is 6.07 Å². The van der Waals surface area contributed by atoms with Crippen molar-refractivity contribution in [1.29, 1.82) is 0 Å². The van der Waals surface area contributed by atoms with Crippen molar-refractivity contribution in [3.8, 4) is 11.1 Å². The largest absolute Gasteiger partial charge is 0.206 e. The predicted molar refractivity (Wildman–Crippen MR) is 65.2 cm³/mol.